The fourth-order valence-corrected chi connectivity index (χ4v) is 1.78. The molecule has 0 unspecified atom stereocenters. The van der Waals surface area contributed by atoms with E-state index >= 15 is 0 Å². The van der Waals surface area contributed by atoms with Gasteiger partial charge in [0.2, 0.25) is 0 Å². The van der Waals surface area contributed by atoms with Crippen molar-refractivity contribution < 1.29 is 9.53 Å². The largest absolute Gasteiger partial charge is 0.493 e. The molecule has 0 radical (unpaired) electrons. The van der Waals surface area contributed by atoms with Gasteiger partial charge in [-0.2, -0.15) is 0 Å². The van der Waals surface area contributed by atoms with Gasteiger partial charge in [-0.3, -0.25) is 4.79 Å². The van der Waals surface area contributed by atoms with Gasteiger partial charge in [0.1, 0.15) is 5.75 Å². The molecule has 0 heterocycles. The van der Waals surface area contributed by atoms with E-state index in [0.717, 1.165) is 18.4 Å². The first-order chi connectivity index (χ1) is 8.15. The third-order valence-corrected chi connectivity index (χ3v) is 2.67. The molecule has 0 N–H and O–H groups in total. The lowest BCUT2D eigenvalue weighted by Gasteiger charge is -2.09. The van der Waals surface area contributed by atoms with E-state index in [0.29, 0.717) is 24.7 Å². The van der Waals surface area contributed by atoms with Crippen LogP contribution in [0.1, 0.15) is 50.4 Å². The van der Waals surface area contributed by atoms with Crippen LogP contribution in [0, 0.1) is 5.92 Å². The van der Waals surface area contributed by atoms with Gasteiger partial charge in [0.05, 0.1) is 12.2 Å². The summed E-state index contributed by atoms with van der Waals surface area (Å²) < 4.78 is 5.46. The maximum Gasteiger partial charge on any atom is 0.166 e. The van der Waals surface area contributed by atoms with Crippen molar-refractivity contribution in [3.05, 3.63) is 29.8 Å². The Morgan fingerprint density at radius 1 is 1.29 bits per heavy atom. The van der Waals surface area contributed by atoms with Gasteiger partial charge in [0.15, 0.2) is 5.78 Å². The van der Waals surface area contributed by atoms with Crippen molar-refractivity contribution in [2.45, 2.75) is 40.0 Å². The molecule has 0 aromatic heterocycles. The first-order valence-corrected chi connectivity index (χ1v) is 6.40. The van der Waals surface area contributed by atoms with Crippen LogP contribution in [0.4, 0.5) is 0 Å². The van der Waals surface area contributed by atoms with E-state index in [9.17, 15) is 4.79 Å². The lowest BCUT2D eigenvalue weighted by Crippen LogP contribution is -2.04. The Labute approximate surface area is 104 Å². The zero-order valence-electron chi connectivity index (χ0n) is 11.0. The molecule has 0 aliphatic rings. The van der Waals surface area contributed by atoms with Crippen LogP contribution in [-0.2, 0) is 0 Å². The fourth-order valence-electron chi connectivity index (χ4n) is 1.78. The van der Waals surface area contributed by atoms with Crippen molar-refractivity contribution in [1.29, 1.82) is 0 Å². The molecule has 0 bridgehead atoms. The quantitative estimate of drug-likeness (QED) is 0.664. The second kappa shape index (κ2) is 7.10. The number of hydrogen-bond donors (Lipinski definition) is 0. The number of carbonyl (C=O) groups is 1. The molecule has 0 aliphatic heterocycles. The van der Waals surface area contributed by atoms with Crippen molar-refractivity contribution >= 4 is 5.78 Å². The zero-order chi connectivity index (χ0) is 12.7. The Morgan fingerprint density at radius 3 is 2.65 bits per heavy atom. The zero-order valence-corrected chi connectivity index (χ0v) is 11.0. The highest BCUT2D eigenvalue weighted by Crippen LogP contribution is 2.21. The van der Waals surface area contributed by atoms with Gasteiger partial charge in [-0.25, -0.2) is 0 Å². The number of Topliss-reactive ketones (excluding diaryl/α,β-unsaturated/α-hetero) is 1. The molecule has 17 heavy (non-hydrogen) atoms. The van der Waals surface area contributed by atoms with Gasteiger partial charge in [-0.05, 0) is 31.4 Å². The fraction of sp³-hybridized carbons (Fsp3) is 0.533. The number of rotatable bonds is 7. The predicted octanol–water partition coefficient (Wildman–Crippen LogP) is 4.09. The number of benzene rings is 1. The van der Waals surface area contributed by atoms with Crippen molar-refractivity contribution in [1.82, 2.24) is 0 Å². The van der Waals surface area contributed by atoms with E-state index in [1.54, 1.807) is 0 Å². The van der Waals surface area contributed by atoms with Crippen LogP contribution in [0.3, 0.4) is 0 Å². The van der Waals surface area contributed by atoms with Crippen molar-refractivity contribution in [3.8, 4) is 5.75 Å². The van der Waals surface area contributed by atoms with Crippen molar-refractivity contribution in [2.24, 2.45) is 5.92 Å². The van der Waals surface area contributed by atoms with Gasteiger partial charge >= 0.3 is 0 Å². The standard InChI is InChI=1S/C15H22O2/c1-4-17-15-11-6-5-9-13(15)14(16)10-7-8-12(2)3/h5-6,9,11-12H,4,7-8,10H2,1-3H3. The monoisotopic (exact) mass is 234 g/mol. The van der Waals surface area contributed by atoms with Crippen molar-refractivity contribution in [2.75, 3.05) is 6.61 Å². The summed E-state index contributed by atoms with van der Waals surface area (Å²) in [5.41, 5.74) is 0.720. The Morgan fingerprint density at radius 2 is 2.00 bits per heavy atom. The molecule has 0 saturated heterocycles. The van der Waals surface area contributed by atoms with Crippen LogP contribution in [-0.4, -0.2) is 12.4 Å². The molecular weight excluding hydrogens is 212 g/mol. The maximum absolute atomic E-state index is 12.0. The average Bonchev–Trinajstić information content (AvgIpc) is 2.29. The van der Waals surface area contributed by atoms with Crippen molar-refractivity contribution in [3.63, 3.8) is 0 Å². The molecule has 0 aliphatic carbocycles. The molecule has 1 aromatic carbocycles. The summed E-state index contributed by atoms with van der Waals surface area (Å²) in [5, 5.41) is 0. The molecule has 0 amide bonds. The van der Waals surface area contributed by atoms with Gasteiger partial charge < -0.3 is 4.74 Å². The number of carbonyl (C=O) groups excluding carboxylic acids is 1. The smallest absolute Gasteiger partial charge is 0.166 e. The summed E-state index contributed by atoms with van der Waals surface area (Å²) >= 11 is 0. The minimum Gasteiger partial charge on any atom is -0.493 e. The molecular formula is C15H22O2. The Balaban J connectivity index is 2.61. The third kappa shape index (κ3) is 4.59. The lowest BCUT2D eigenvalue weighted by molar-refractivity contribution is 0.0974. The summed E-state index contributed by atoms with van der Waals surface area (Å²) in [5.74, 6) is 1.56. The average molecular weight is 234 g/mol. The maximum atomic E-state index is 12.0. The number of ketones is 1. The van der Waals surface area contributed by atoms with E-state index in [2.05, 4.69) is 13.8 Å². The Kier molecular flexibility index (Phi) is 5.75. The molecule has 2 heteroatoms. The first-order valence-electron chi connectivity index (χ1n) is 6.40. The van der Waals surface area contributed by atoms with Gasteiger partial charge in [-0.15, -0.1) is 0 Å². The molecule has 0 fully saturated rings. The van der Waals surface area contributed by atoms with E-state index in [-0.39, 0.29) is 5.78 Å². The number of ether oxygens (including phenoxy) is 1. The van der Waals surface area contributed by atoms with Gasteiger partial charge in [0.25, 0.3) is 0 Å². The molecule has 94 valence electrons. The SMILES string of the molecule is CCOc1ccccc1C(=O)CCCC(C)C. The minimum atomic E-state index is 0.190. The van der Waals surface area contributed by atoms with Crippen LogP contribution in [0.2, 0.25) is 0 Å². The van der Waals surface area contributed by atoms with Gasteiger partial charge in [0, 0.05) is 6.42 Å². The lowest BCUT2D eigenvalue weighted by atomic mass is 10.0. The summed E-state index contributed by atoms with van der Waals surface area (Å²) in [6, 6.07) is 7.50. The molecule has 2 nitrogen and oxygen atoms in total. The Bertz CT molecular complexity index is 356. The summed E-state index contributed by atoms with van der Waals surface area (Å²) in [6.07, 6.45) is 2.67. The van der Waals surface area contributed by atoms with E-state index in [1.807, 2.05) is 31.2 Å². The number of hydrogen-bond acceptors (Lipinski definition) is 2. The second-order valence-corrected chi connectivity index (χ2v) is 4.64. The highest BCUT2D eigenvalue weighted by atomic mass is 16.5. The van der Waals surface area contributed by atoms with E-state index in [1.165, 1.54) is 0 Å². The van der Waals surface area contributed by atoms with Crippen LogP contribution in [0.15, 0.2) is 24.3 Å². The molecule has 0 saturated carbocycles. The minimum absolute atomic E-state index is 0.190. The normalized spacial score (nSPS) is 10.6. The first kappa shape index (κ1) is 13.8. The topological polar surface area (TPSA) is 26.3 Å². The molecule has 1 aromatic rings. The highest BCUT2D eigenvalue weighted by Gasteiger charge is 2.11. The van der Waals surface area contributed by atoms with Crippen LogP contribution in [0.5, 0.6) is 5.75 Å². The molecule has 1 rings (SSSR count). The summed E-state index contributed by atoms with van der Waals surface area (Å²) in [4.78, 5) is 12.0. The number of para-hydroxylation sites is 1. The molecule has 0 atom stereocenters. The predicted molar refractivity (Wildman–Crippen MR) is 70.6 cm³/mol. The van der Waals surface area contributed by atoms with Crippen LogP contribution < -0.4 is 4.74 Å². The van der Waals surface area contributed by atoms with Gasteiger partial charge in [-0.1, -0.05) is 32.4 Å². The third-order valence-electron chi connectivity index (χ3n) is 2.67. The summed E-state index contributed by atoms with van der Waals surface area (Å²) in [7, 11) is 0. The molecule has 0 spiro atoms. The second-order valence-electron chi connectivity index (χ2n) is 4.64. The summed E-state index contributed by atoms with van der Waals surface area (Å²) in [6.45, 7) is 6.88. The highest BCUT2D eigenvalue weighted by molar-refractivity contribution is 5.98. The van der Waals surface area contributed by atoms with Crippen LogP contribution in [0.25, 0.3) is 0 Å². The van der Waals surface area contributed by atoms with Crippen LogP contribution >= 0.6 is 0 Å². The Hall–Kier alpha value is -1.31. The van der Waals surface area contributed by atoms with E-state index in [4.69, 9.17) is 4.74 Å². The van der Waals surface area contributed by atoms with E-state index < -0.39 is 0 Å².